The molecule has 37 heavy (non-hydrogen) atoms. The first-order valence-corrected chi connectivity index (χ1v) is 14.6. The lowest BCUT2D eigenvalue weighted by Gasteiger charge is -2.59. The molecule has 196 valence electrons. The van der Waals surface area contributed by atoms with Crippen molar-refractivity contribution in [2.75, 3.05) is 18.0 Å². The van der Waals surface area contributed by atoms with E-state index in [-0.39, 0.29) is 5.41 Å². The zero-order valence-corrected chi connectivity index (χ0v) is 23.8. The molecule has 3 aromatic rings. The molecule has 0 amide bonds. The Morgan fingerprint density at radius 2 is 1.62 bits per heavy atom. The van der Waals surface area contributed by atoms with Gasteiger partial charge in [-0.25, -0.2) is 0 Å². The van der Waals surface area contributed by atoms with Crippen molar-refractivity contribution in [3.63, 3.8) is 0 Å². The van der Waals surface area contributed by atoms with Gasteiger partial charge in [0.1, 0.15) is 0 Å². The minimum Gasteiger partial charge on any atom is -0.368 e. The molecule has 8 heterocycles. The average molecular weight is 497 g/mol. The summed E-state index contributed by atoms with van der Waals surface area (Å²) < 4.78 is 4.78. The van der Waals surface area contributed by atoms with Gasteiger partial charge in [-0.05, 0) is 92.9 Å². The van der Waals surface area contributed by atoms with Gasteiger partial charge < -0.3 is 14.0 Å². The fourth-order valence-corrected chi connectivity index (χ4v) is 9.68. The van der Waals surface area contributed by atoms with Crippen LogP contribution < -0.4 is 4.90 Å². The second kappa shape index (κ2) is 7.79. The molecule has 9 rings (SSSR count). The van der Waals surface area contributed by atoms with Crippen LogP contribution in [0.3, 0.4) is 0 Å². The number of hydrogen-bond donors (Lipinski definition) is 0. The van der Waals surface area contributed by atoms with Crippen molar-refractivity contribution in [3.05, 3.63) is 65.7 Å². The first kappa shape index (κ1) is 23.6. The molecule has 0 radical (unpaired) electrons. The predicted octanol–water partition coefficient (Wildman–Crippen LogP) is 6.66. The van der Waals surface area contributed by atoms with Crippen LogP contribution in [0.4, 0.5) is 5.69 Å². The molecule has 4 saturated heterocycles. The Kier molecular flexibility index (Phi) is 4.97. The molecule has 8 atom stereocenters. The summed E-state index contributed by atoms with van der Waals surface area (Å²) in [5, 5.41) is 0. The number of benzene rings is 1. The number of piperidine rings is 4. The number of aryl methyl sites for hydroxylation is 2. The SMILES string of the molecule is CC1CC2(C)CCN1[C@H](C)C2c1cc(-c2ccc3c(c2)N2CCC3(C)C(c3cccn3C)[C@H]2C)cn1C. The van der Waals surface area contributed by atoms with Gasteiger partial charge in [0.15, 0.2) is 0 Å². The molecule has 0 N–H and O–H groups in total. The van der Waals surface area contributed by atoms with Crippen molar-refractivity contribution < 1.29 is 0 Å². The topological polar surface area (TPSA) is 16.3 Å². The Hall–Kier alpha value is -2.46. The lowest BCUT2D eigenvalue weighted by Crippen LogP contribution is -2.60. The van der Waals surface area contributed by atoms with Crippen LogP contribution in [0, 0.1) is 5.41 Å². The quantitative estimate of drug-likeness (QED) is 0.403. The van der Waals surface area contributed by atoms with E-state index in [2.05, 4.69) is 116 Å². The number of anilines is 1. The zero-order valence-electron chi connectivity index (χ0n) is 23.8. The van der Waals surface area contributed by atoms with Crippen LogP contribution in [0.1, 0.15) is 82.7 Å². The molecule has 4 bridgehead atoms. The predicted molar refractivity (Wildman–Crippen MR) is 153 cm³/mol. The Bertz CT molecular complexity index is 1360. The maximum atomic E-state index is 2.76. The fraction of sp³-hybridized carbons (Fsp3) is 0.576. The van der Waals surface area contributed by atoms with E-state index in [1.165, 1.54) is 59.6 Å². The highest BCUT2D eigenvalue weighted by Gasteiger charge is 2.53. The number of aromatic nitrogens is 2. The number of hydrogen-bond acceptors (Lipinski definition) is 2. The summed E-state index contributed by atoms with van der Waals surface area (Å²) >= 11 is 0. The lowest BCUT2D eigenvalue weighted by atomic mass is 9.59. The second-order valence-corrected chi connectivity index (χ2v) is 13.5. The van der Waals surface area contributed by atoms with E-state index in [0.29, 0.717) is 35.4 Å². The third-order valence-corrected chi connectivity index (χ3v) is 11.5. The van der Waals surface area contributed by atoms with Crippen LogP contribution in [0.2, 0.25) is 0 Å². The summed E-state index contributed by atoms with van der Waals surface area (Å²) in [6.07, 6.45) is 8.45. The van der Waals surface area contributed by atoms with Crippen LogP contribution in [0.5, 0.6) is 0 Å². The van der Waals surface area contributed by atoms with Gasteiger partial charge in [0.05, 0.1) is 0 Å². The number of nitrogens with zero attached hydrogens (tertiary/aromatic N) is 4. The molecule has 0 aliphatic carbocycles. The van der Waals surface area contributed by atoms with Crippen LogP contribution in [0.15, 0.2) is 48.8 Å². The highest BCUT2D eigenvalue weighted by molar-refractivity contribution is 5.75. The maximum Gasteiger partial charge on any atom is 0.0413 e. The summed E-state index contributed by atoms with van der Waals surface area (Å²) in [5.41, 5.74) is 9.30. The highest BCUT2D eigenvalue weighted by Crippen LogP contribution is 2.58. The van der Waals surface area contributed by atoms with Gasteiger partial charge in [-0.15, -0.1) is 0 Å². The van der Waals surface area contributed by atoms with E-state index in [1.54, 1.807) is 0 Å². The highest BCUT2D eigenvalue weighted by atomic mass is 15.2. The molecule has 1 aromatic carbocycles. The van der Waals surface area contributed by atoms with Crippen molar-refractivity contribution >= 4 is 5.69 Å². The molecule has 0 spiro atoms. The van der Waals surface area contributed by atoms with Gasteiger partial charge in [-0.3, -0.25) is 4.90 Å². The fourth-order valence-electron chi connectivity index (χ4n) is 9.68. The Morgan fingerprint density at radius 3 is 2.32 bits per heavy atom. The van der Waals surface area contributed by atoms with Crippen molar-refractivity contribution in [3.8, 4) is 11.1 Å². The Morgan fingerprint density at radius 1 is 0.811 bits per heavy atom. The smallest absolute Gasteiger partial charge is 0.0413 e. The van der Waals surface area contributed by atoms with Gasteiger partial charge in [0.2, 0.25) is 0 Å². The maximum absolute atomic E-state index is 2.76. The first-order chi connectivity index (χ1) is 17.6. The summed E-state index contributed by atoms with van der Waals surface area (Å²) in [4.78, 5) is 5.46. The van der Waals surface area contributed by atoms with Crippen LogP contribution in [-0.2, 0) is 19.5 Å². The molecule has 2 aromatic heterocycles. The average Bonchev–Trinajstić information content (AvgIpc) is 3.44. The van der Waals surface area contributed by atoms with Crippen molar-refractivity contribution in [2.24, 2.45) is 19.5 Å². The van der Waals surface area contributed by atoms with E-state index in [0.717, 1.165) is 6.54 Å². The summed E-state index contributed by atoms with van der Waals surface area (Å²) in [6.45, 7) is 14.8. The molecule has 6 unspecified atom stereocenters. The van der Waals surface area contributed by atoms with Gasteiger partial charge >= 0.3 is 0 Å². The van der Waals surface area contributed by atoms with E-state index >= 15 is 0 Å². The summed E-state index contributed by atoms with van der Waals surface area (Å²) in [6, 6.07) is 16.2. The second-order valence-electron chi connectivity index (χ2n) is 13.5. The molecular formula is C33H44N4. The van der Waals surface area contributed by atoms with E-state index in [1.807, 2.05) is 0 Å². The largest absolute Gasteiger partial charge is 0.368 e. The molecule has 0 saturated carbocycles. The van der Waals surface area contributed by atoms with Crippen molar-refractivity contribution in [1.82, 2.24) is 14.0 Å². The minimum atomic E-state index is 0.173. The van der Waals surface area contributed by atoms with Crippen molar-refractivity contribution in [2.45, 2.75) is 89.3 Å². The van der Waals surface area contributed by atoms with Gasteiger partial charge in [-0.1, -0.05) is 26.0 Å². The first-order valence-electron chi connectivity index (χ1n) is 14.6. The van der Waals surface area contributed by atoms with E-state index in [9.17, 15) is 0 Å². The third kappa shape index (κ3) is 3.11. The van der Waals surface area contributed by atoms with E-state index in [4.69, 9.17) is 0 Å². The number of fused-ring (bicyclic) bond motifs is 5. The Balaban J connectivity index is 1.27. The van der Waals surface area contributed by atoms with E-state index < -0.39 is 0 Å². The normalized spacial score (nSPS) is 38.3. The van der Waals surface area contributed by atoms with Crippen LogP contribution in [0.25, 0.3) is 11.1 Å². The Labute approximate surface area is 223 Å². The van der Waals surface area contributed by atoms with Gasteiger partial charge in [0.25, 0.3) is 0 Å². The monoisotopic (exact) mass is 496 g/mol. The van der Waals surface area contributed by atoms with Crippen molar-refractivity contribution in [1.29, 1.82) is 0 Å². The molecule has 4 nitrogen and oxygen atoms in total. The van der Waals surface area contributed by atoms with Crippen LogP contribution in [-0.4, -0.2) is 45.2 Å². The number of rotatable bonds is 3. The minimum absolute atomic E-state index is 0.173. The van der Waals surface area contributed by atoms with Crippen LogP contribution >= 0.6 is 0 Å². The summed E-state index contributed by atoms with van der Waals surface area (Å²) in [7, 11) is 4.48. The molecule has 4 fully saturated rings. The standard InChI is InChI=1S/C33H44N4/c1-21-19-32(4)12-15-36(21)22(2)30(32)29-18-25(20-35(29)7)24-10-11-26-28(17-24)37-16-13-33(26,5)31(23(37)3)27-9-8-14-34(27)6/h8-11,14,17-18,20-23,30-31H,12-13,15-16,19H2,1-7H3/t21?,22-,23-,30?,31?,32?,33?/m1/s1. The van der Waals surface area contributed by atoms with Gasteiger partial charge in [0, 0.05) is 85.5 Å². The molecule has 6 aliphatic heterocycles. The zero-order chi connectivity index (χ0) is 25.9. The summed E-state index contributed by atoms with van der Waals surface area (Å²) in [5.74, 6) is 1.11. The lowest BCUT2D eigenvalue weighted by molar-refractivity contribution is -0.0642. The molecule has 4 heteroatoms. The van der Waals surface area contributed by atoms with Gasteiger partial charge in [-0.2, -0.15) is 0 Å². The molecule has 6 aliphatic rings. The molecular weight excluding hydrogens is 452 g/mol. The third-order valence-electron chi connectivity index (χ3n) is 11.5.